The molecule has 5 nitrogen and oxygen atoms in total. The molecule has 0 fully saturated rings. The summed E-state index contributed by atoms with van der Waals surface area (Å²) in [7, 11) is 0. The van der Waals surface area contributed by atoms with Gasteiger partial charge in [0.1, 0.15) is 18.2 Å². The monoisotopic (exact) mass is 399 g/mol. The molecule has 1 amide bonds. The number of carbonyl (C=O) groups excluding carboxylic acids is 1. The molecular weight excluding hydrogens is 376 g/mol. The standard InChI is InChI=1S/C20H17F2N3O2.C2H6/c21-16-7-5-14(6-8-16)20(26)24-9-10-25-17(12-24)11-19(23-25)27-13-15-3-1-2-4-18(15)22;1-2/h1-8,11H,9-10,12-13H2;1-2H3. The molecule has 2 heterocycles. The summed E-state index contributed by atoms with van der Waals surface area (Å²) in [5, 5.41) is 4.36. The first-order valence-corrected chi connectivity index (χ1v) is 9.58. The van der Waals surface area contributed by atoms with E-state index in [1.807, 2.05) is 13.8 Å². The molecule has 152 valence electrons. The second-order valence-corrected chi connectivity index (χ2v) is 6.31. The quantitative estimate of drug-likeness (QED) is 0.652. The number of rotatable bonds is 4. The Labute approximate surface area is 168 Å². The zero-order valence-corrected chi connectivity index (χ0v) is 16.4. The lowest BCUT2D eigenvalue weighted by Gasteiger charge is -2.27. The summed E-state index contributed by atoms with van der Waals surface area (Å²) in [6.07, 6.45) is 0. The Bertz CT molecular complexity index is 970. The van der Waals surface area contributed by atoms with Crippen molar-refractivity contribution in [2.24, 2.45) is 0 Å². The van der Waals surface area contributed by atoms with Crippen LogP contribution in [0.3, 0.4) is 0 Å². The Morgan fingerprint density at radius 2 is 1.79 bits per heavy atom. The molecule has 1 aliphatic rings. The average molecular weight is 399 g/mol. The van der Waals surface area contributed by atoms with Crippen molar-refractivity contribution < 1.29 is 18.3 Å². The minimum atomic E-state index is -0.375. The first-order chi connectivity index (χ1) is 14.1. The van der Waals surface area contributed by atoms with Crippen molar-refractivity contribution in [3.63, 3.8) is 0 Å². The molecule has 0 spiro atoms. The van der Waals surface area contributed by atoms with Crippen molar-refractivity contribution in [1.82, 2.24) is 14.7 Å². The molecular formula is C22H23F2N3O2. The molecule has 3 aromatic rings. The third-order valence-electron chi connectivity index (χ3n) is 4.49. The molecule has 0 saturated heterocycles. The molecule has 0 unspecified atom stereocenters. The van der Waals surface area contributed by atoms with Crippen LogP contribution in [0, 0.1) is 11.6 Å². The SMILES string of the molecule is CC.O=C(c1ccc(F)cc1)N1CCn2nc(OCc3ccccc3F)cc2C1. The second-order valence-electron chi connectivity index (χ2n) is 6.31. The van der Waals surface area contributed by atoms with Gasteiger partial charge in [0.05, 0.1) is 18.8 Å². The molecule has 7 heteroatoms. The number of hydrogen-bond donors (Lipinski definition) is 0. The largest absolute Gasteiger partial charge is 0.472 e. The van der Waals surface area contributed by atoms with Gasteiger partial charge >= 0.3 is 0 Å². The molecule has 4 rings (SSSR count). The van der Waals surface area contributed by atoms with Gasteiger partial charge in [-0.15, -0.1) is 5.10 Å². The van der Waals surface area contributed by atoms with Crippen LogP contribution in [0.15, 0.2) is 54.6 Å². The maximum atomic E-state index is 13.7. The van der Waals surface area contributed by atoms with Crippen LogP contribution in [0.5, 0.6) is 5.88 Å². The number of aromatic nitrogens is 2. The van der Waals surface area contributed by atoms with E-state index in [1.54, 1.807) is 33.8 Å². The number of amides is 1. The summed E-state index contributed by atoms with van der Waals surface area (Å²) >= 11 is 0. The van der Waals surface area contributed by atoms with E-state index in [1.165, 1.54) is 30.3 Å². The van der Waals surface area contributed by atoms with Gasteiger partial charge in [-0.2, -0.15) is 0 Å². The van der Waals surface area contributed by atoms with E-state index < -0.39 is 0 Å². The Hall–Kier alpha value is -3.22. The lowest BCUT2D eigenvalue weighted by atomic mass is 10.1. The van der Waals surface area contributed by atoms with Crippen LogP contribution < -0.4 is 4.74 Å². The van der Waals surface area contributed by atoms with E-state index in [0.717, 1.165) is 5.69 Å². The van der Waals surface area contributed by atoms with E-state index in [4.69, 9.17) is 4.74 Å². The fourth-order valence-corrected chi connectivity index (χ4v) is 3.03. The fraction of sp³-hybridized carbons (Fsp3) is 0.273. The van der Waals surface area contributed by atoms with Crippen molar-refractivity contribution in [3.05, 3.63) is 83.1 Å². The molecule has 1 aromatic heterocycles. The van der Waals surface area contributed by atoms with E-state index >= 15 is 0 Å². The average Bonchev–Trinajstić information content (AvgIpc) is 3.17. The Morgan fingerprint density at radius 3 is 2.52 bits per heavy atom. The molecule has 0 saturated carbocycles. The normalized spacial score (nSPS) is 12.6. The lowest BCUT2D eigenvalue weighted by Crippen LogP contribution is -2.38. The second kappa shape index (κ2) is 9.32. The zero-order chi connectivity index (χ0) is 20.8. The molecule has 2 aromatic carbocycles. The predicted octanol–water partition coefficient (Wildman–Crippen LogP) is 4.42. The molecule has 0 atom stereocenters. The Morgan fingerprint density at radius 1 is 1.07 bits per heavy atom. The minimum absolute atomic E-state index is 0.0847. The summed E-state index contributed by atoms with van der Waals surface area (Å²) in [6.45, 7) is 5.50. The van der Waals surface area contributed by atoms with Crippen molar-refractivity contribution in [3.8, 4) is 5.88 Å². The van der Waals surface area contributed by atoms with Crippen LogP contribution in [0.25, 0.3) is 0 Å². The molecule has 1 aliphatic heterocycles. The van der Waals surface area contributed by atoms with Gasteiger partial charge in [-0.25, -0.2) is 8.78 Å². The smallest absolute Gasteiger partial charge is 0.254 e. The highest BCUT2D eigenvalue weighted by molar-refractivity contribution is 5.94. The lowest BCUT2D eigenvalue weighted by molar-refractivity contribution is 0.0706. The Balaban J connectivity index is 0.00000117. The highest BCUT2D eigenvalue weighted by atomic mass is 19.1. The van der Waals surface area contributed by atoms with Gasteiger partial charge in [-0.05, 0) is 30.3 Å². The predicted molar refractivity (Wildman–Crippen MR) is 105 cm³/mol. The first-order valence-electron chi connectivity index (χ1n) is 9.58. The molecule has 0 bridgehead atoms. The summed E-state index contributed by atoms with van der Waals surface area (Å²) in [5.74, 6) is -0.460. The number of benzene rings is 2. The van der Waals surface area contributed by atoms with Crippen molar-refractivity contribution in [2.45, 2.75) is 33.5 Å². The van der Waals surface area contributed by atoms with Crippen molar-refractivity contribution in [2.75, 3.05) is 6.54 Å². The van der Waals surface area contributed by atoms with Gasteiger partial charge in [-0.3, -0.25) is 9.48 Å². The van der Waals surface area contributed by atoms with Gasteiger partial charge in [0.15, 0.2) is 0 Å². The maximum Gasteiger partial charge on any atom is 0.254 e. The number of ether oxygens (including phenoxy) is 1. The fourth-order valence-electron chi connectivity index (χ4n) is 3.03. The number of nitrogens with zero attached hydrogens (tertiary/aromatic N) is 3. The summed E-state index contributed by atoms with van der Waals surface area (Å²) in [6, 6.07) is 13.7. The Kier molecular flexibility index (Phi) is 6.59. The van der Waals surface area contributed by atoms with E-state index in [-0.39, 0.29) is 24.1 Å². The third kappa shape index (κ3) is 4.80. The van der Waals surface area contributed by atoms with Crippen molar-refractivity contribution in [1.29, 1.82) is 0 Å². The topological polar surface area (TPSA) is 47.4 Å². The van der Waals surface area contributed by atoms with Gasteiger partial charge in [-0.1, -0.05) is 32.0 Å². The van der Waals surface area contributed by atoms with Crippen LogP contribution in [0.4, 0.5) is 8.78 Å². The number of hydrogen-bond acceptors (Lipinski definition) is 3. The third-order valence-corrected chi connectivity index (χ3v) is 4.49. The van der Waals surface area contributed by atoms with E-state index in [0.29, 0.717) is 36.6 Å². The summed E-state index contributed by atoms with van der Waals surface area (Å²) in [4.78, 5) is 14.3. The van der Waals surface area contributed by atoms with Gasteiger partial charge in [0, 0.05) is 23.7 Å². The van der Waals surface area contributed by atoms with Crippen LogP contribution in [0.2, 0.25) is 0 Å². The molecule has 0 N–H and O–H groups in total. The number of fused-ring (bicyclic) bond motifs is 1. The zero-order valence-electron chi connectivity index (χ0n) is 16.4. The van der Waals surface area contributed by atoms with Gasteiger partial charge in [0.2, 0.25) is 5.88 Å². The van der Waals surface area contributed by atoms with E-state index in [2.05, 4.69) is 5.10 Å². The van der Waals surface area contributed by atoms with E-state index in [9.17, 15) is 13.6 Å². The van der Waals surface area contributed by atoms with Crippen LogP contribution >= 0.6 is 0 Å². The first kappa shape index (κ1) is 20.5. The molecule has 29 heavy (non-hydrogen) atoms. The highest BCUT2D eigenvalue weighted by Crippen LogP contribution is 2.21. The maximum absolute atomic E-state index is 13.7. The summed E-state index contributed by atoms with van der Waals surface area (Å²) < 4.78 is 34.1. The molecule has 0 aliphatic carbocycles. The highest BCUT2D eigenvalue weighted by Gasteiger charge is 2.23. The van der Waals surface area contributed by atoms with Crippen LogP contribution in [-0.4, -0.2) is 27.1 Å². The van der Waals surface area contributed by atoms with Gasteiger partial charge < -0.3 is 9.64 Å². The van der Waals surface area contributed by atoms with Crippen molar-refractivity contribution >= 4 is 5.91 Å². The van der Waals surface area contributed by atoms with Crippen LogP contribution in [-0.2, 0) is 19.7 Å². The summed E-state index contributed by atoms with van der Waals surface area (Å²) in [5.41, 5.74) is 1.73. The van der Waals surface area contributed by atoms with Crippen LogP contribution in [0.1, 0.15) is 35.5 Å². The number of halogens is 2. The minimum Gasteiger partial charge on any atom is -0.472 e. The molecule has 0 radical (unpaired) electrons. The van der Waals surface area contributed by atoms with Gasteiger partial charge in [0.25, 0.3) is 5.91 Å². The number of carbonyl (C=O) groups is 1.